The normalized spacial score (nSPS) is 12.2. The van der Waals surface area contributed by atoms with E-state index < -0.39 is 0 Å². The van der Waals surface area contributed by atoms with Crippen molar-refractivity contribution in [2.24, 2.45) is 0 Å². The van der Waals surface area contributed by atoms with Crippen molar-refractivity contribution in [3.63, 3.8) is 0 Å². The van der Waals surface area contributed by atoms with E-state index in [0.717, 1.165) is 11.8 Å². The first-order chi connectivity index (χ1) is 4.22. The quantitative estimate of drug-likeness (QED) is 0.431. The lowest BCUT2D eigenvalue weighted by molar-refractivity contribution is -0.139. The van der Waals surface area contributed by atoms with Crippen molar-refractivity contribution in [2.45, 2.75) is 12.2 Å². The molecule has 0 aromatic rings. The standard InChI is InChI=1S/C5H8O3S/c1-4(9-3-6)5(7)8-2/h3-4H,1-2H3. The van der Waals surface area contributed by atoms with Gasteiger partial charge in [0.2, 0.25) is 0 Å². The van der Waals surface area contributed by atoms with E-state index in [4.69, 9.17) is 0 Å². The third-order valence-corrected chi connectivity index (χ3v) is 1.50. The van der Waals surface area contributed by atoms with Gasteiger partial charge in [-0.15, -0.1) is 0 Å². The Hall–Kier alpha value is -0.510. The summed E-state index contributed by atoms with van der Waals surface area (Å²) in [5.74, 6) is -0.368. The van der Waals surface area contributed by atoms with Crippen LogP contribution < -0.4 is 0 Å². The molecule has 3 nitrogen and oxygen atoms in total. The number of carbonyl (C=O) groups is 2. The van der Waals surface area contributed by atoms with Gasteiger partial charge < -0.3 is 4.74 Å². The highest BCUT2D eigenvalue weighted by Crippen LogP contribution is 2.06. The molecule has 52 valence electrons. The third kappa shape index (κ3) is 3.13. The van der Waals surface area contributed by atoms with E-state index in [1.807, 2.05) is 0 Å². The Morgan fingerprint density at radius 1 is 1.78 bits per heavy atom. The van der Waals surface area contributed by atoms with E-state index in [0.29, 0.717) is 5.62 Å². The Balaban J connectivity index is 3.58. The molecular formula is C5H8O3S. The Labute approximate surface area is 57.8 Å². The van der Waals surface area contributed by atoms with Crippen molar-refractivity contribution >= 4 is 23.3 Å². The van der Waals surface area contributed by atoms with Crippen molar-refractivity contribution in [3.05, 3.63) is 0 Å². The van der Waals surface area contributed by atoms with Crippen LogP contribution >= 0.6 is 11.8 Å². The SMILES string of the molecule is COC(=O)C(C)SC=O. The molecule has 1 unspecified atom stereocenters. The zero-order valence-electron chi connectivity index (χ0n) is 5.29. The highest BCUT2D eigenvalue weighted by molar-refractivity contribution is 8.12. The molecule has 0 rings (SSSR count). The van der Waals surface area contributed by atoms with Gasteiger partial charge in [-0.05, 0) is 6.92 Å². The van der Waals surface area contributed by atoms with Crippen LogP contribution in [-0.4, -0.2) is 23.9 Å². The lowest BCUT2D eigenvalue weighted by atomic mass is 10.5. The van der Waals surface area contributed by atoms with Crippen molar-refractivity contribution in [2.75, 3.05) is 7.11 Å². The molecule has 0 aromatic carbocycles. The molecule has 0 aromatic heterocycles. The monoisotopic (exact) mass is 148 g/mol. The van der Waals surface area contributed by atoms with Crippen LogP contribution in [0.2, 0.25) is 0 Å². The second-order valence-electron chi connectivity index (χ2n) is 1.40. The molecule has 0 saturated heterocycles. The molecule has 1 atom stereocenters. The molecule has 0 N–H and O–H groups in total. The van der Waals surface area contributed by atoms with Crippen LogP contribution in [0.3, 0.4) is 0 Å². The molecule has 0 fully saturated rings. The summed E-state index contributed by atoms with van der Waals surface area (Å²) in [5.41, 5.74) is 0.627. The van der Waals surface area contributed by atoms with Gasteiger partial charge in [-0.1, -0.05) is 11.8 Å². The zero-order valence-corrected chi connectivity index (χ0v) is 6.10. The van der Waals surface area contributed by atoms with E-state index in [-0.39, 0.29) is 11.2 Å². The van der Waals surface area contributed by atoms with Crippen LogP contribution in [0.4, 0.5) is 0 Å². The second-order valence-corrected chi connectivity index (χ2v) is 2.57. The number of carbonyl (C=O) groups excluding carboxylic acids is 2. The first-order valence-corrected chi connectivity index (χ1v) is 3.33. The minimum Gasteiger partial charge on any atom is -0.468 e. The maximum atomic E-state index is 10.5. The summed E-state index contributed by atoms with van der Waals surface area (Å²) in [6, 6.07) is 0. The van der Waals surface area contributed by atoms with E-state index in [1.165, 1.54) is 7.11 Å². The first kappa shape index (κ1) is 8.49. The van der Waals surface area contributed by atoms with Gasteiger partial charge in [0.25, 0.3) is 0 Å². The van der Waals surface area contributed by atoms with Crippen LogP contribution in [0.1, 0.15) is 6.92 Å². The lowest BCUT2D eigenvalue weighted by Crippen LogP contribution is -2.14. The predicted molar refractivity (Wildman–Crippen MR) is 35.8 cm³/mol. The summed E-state index contributed by atoms with van der Waals surface area (Å²) in [5, 5.41) is -0.382. The van der Waals surface area contributed by atoms with E-state index in [2.05, 4.69) is 4.74 Å². The number of hydrogen-bond acceptors (Lipinski definition) is 4. The molecular weight excluding hydrogens is 140 g/mol. The fourth-order valence-corrected chi connectivity index (χ4v) is 0.679. The Bertz CT molecular complexity index is 113. The minimum atomic E-state index is -0.382. The van der Waals surface area contributed by atoms with Crippen molar-refractivity contribution in [3.8, 4) is 0 Å². The average molecular weight is 148 g/mol. The molecule has 0 radical (unpaired) electrons. The van der Waals surface area contributed by atoms with Crippen molar-refractivity contribution in [1.29, 1.82) is 0 Å². The molecule has 0 bridgehead atoms. The maximum Gasteiger partial charge on any atom is 0.318 e. The maximum absolute atomic E-state index is 10.5. The summed E-state index contributed by atoms with van der Waals surface area (Å²) >= 11 is 0.909. The smallest absolute Gasteiger partial charge is 0.318 e. The number of ether oxygens (including phenoxy) is 1. The predicted octanol–water partition coefficient (Wildman–Crippen LogP) is 0.471. The van der Waals surface area contributed by atoms with Gasteiger partial charge in [0, 0.05) is 0 Å². The largest absolute Gasteiger partial charge is 0.468 e. The fraction of sp³-hybridized carbons (Fsp3) is 0.600. The number of rotatable bonds is 3. The van der Waals surface area contributed by atoms with Gasteiger partial charge >= 0.3 is 5.97 Å². The minimum absolute atomic E-state index is 0.368. The molecule has 0 aliphatic rings. The van der Waals surface area contributed by atoms with E-state index >= 15 is 0 Å². The van der Waals surface area contributed by atoms with Gasteiger partial charge in [0.05, 0.1) is 7.11 Å². The third-order valence-electron chi connectivity index (χ3n) is 0.793. The Morgan fingerprint density at radius 3 is 2.67 bits per heavy atom. The molecule has 4 heteroatoms. The molecule has 0 aliphatic carbocycles. The first-order valence-electron chi connectivity index (χ1n) is 2.39. The number of esters is 1. The van der Waals surface area contributed by atoms with Gasteiger partial charge in [0.1, 0.15) is 5.25 Å². The van der Waals surface area contributed by atoms with Crippen LogP contribution in [0.5, 0.6) is 0 Å². The van der Waals surface area contributed by atoms with Crippen LogP contribution in [0.25, 0.3) is 0 Å². The molecule has 0 aliphatic heterocycles. The summed E-state index contributed by atoms with van der Waals surface area (Å²) < 4.78 is 4.35. The summed E-state index contributed by atoms with van der Waals surface area (Å²) in [6.45, 7) is 1.62. The molecule has 0 amide bonds. The highest BCUT2D eigenvalue weighted by Gasteiger charge is 2.11. The van der Waals surface area contributed by atoms with Gasteiger partial charge in [-0.3, -0.25) is 9.59 Å². The summed E-state index contributed by atoms with van der Waals surface area (Å²) in [4.78, 5) is 20.3. The number of methoxy groups -OCH3 is 1. The molecule has 0 saturated carbocycles. The van der Waals surface area contributed by atoms with Crippen molar-refractivity contribution in [1.82, 2.24) is 0 Å². The van der Waals surface area contributed by atoms with Crippen LogP contribution in [0.15, 0.2) is 0 Å². The van der Waals surface area contributed by atoms with E-state index in [1.54, 1.807) is 6.92 Å². The van der Waals surface area contributed by atoms with Gasteiger partial charge in [-0.25, -0.2) is 0 Å². The average Bonchev–Trinajstić information content (AvgIpc) is 1.87. The van der Waals surface area contributed by atoms with Crippen LogP contribution in [0, 0.1) is 0 Å². The summed E-state index contributed by atoms with van der Waals surface area (Å²) in [7, 11) is 1.30. The fourth-order valence-electron chi connectivity index (χ4n) is 0.305. The van der Waals surface area contributed by atoms with Crippen LogP contribution in [-0.2, 0) is 14.3 Å². The Morgan fingerprint density at radius 2 is 2.33 bits per heavy atom. The second kappa shape index (κ2) is 4.38. The van der Waals surface area contributed by atoms with E-state index in [9.17, 15) is 9.59 Å². The number of hydrogen-bond donors (Lipinski definition) is 0. The summed E-state index contributed by atoms with van der Waals surface area (Å²) in [6.07, 6.45) is 0. The topological polar surface area (TPSA) is 43.4 Å². The Kier molecular flexibility index (Phi) is 4.13. The molecule has 9 heavy (non-hydrogen) atoms. The lowest BCUT2D eigenvalue weighted by Gasteiger charge is -2.01. The molecule has 0 spiro atoms. The van der Waals surface area contributed by atoms with Gasteiger partial charge in [0.15, 0.2) is 5.62 Å². The number of thioether (sulfide) groups is 1. The van der Waals surface area contributed by atoms with Crippen molar-refractivity contribution < 1.29 is 14.3 Å². The highest BCUT2D eigenvalue weighted by atomic mass is 32.2. The zero-order chi connectivity index (χ0) is 7.28. The molecule has 0 heterocycles. The van der Waals surface area contributed by atoms with Gasteiger partial charge in [-0.2, -0.15) is 0 Å².